The van der Waals surface area contributed by atoms with E-state index in [1.807, 2.05) is 0 Å². The summed E-state index contributed by atoms with van der Waals surface area (Å²) in [6.07, 6.45) is 2.41. The smallest absolute Gasteiger partial charge is 0.330 e. The number of aromatic amines is 1. The van der Waals surface area contributed by atoms with E-state index < -0.39 is 11.8 Å². The maximum Gasteiger partial charge on any atom is 0.330 e. The minimum absolute atomic E-state index is 0.203. The van der Waals surface area contributed by atoms with Crippen LogP contribution in [-0.2, 0) is 16.6 Å². The summed E-state index contributed by atoms with van der Waals surface area (Å²) in [5.41, 5.74) is 0.856. The number of hydrogen-bond donors (Lipinski definition) is 1. The van der Waals surface area contributed by atoms with E-state index in [1.54, 1.807) is 7.05 Å². The van der Waals surface area contributed by atoms with Gasteiger partial charge in [0, 0.05) is 24.8 Å². The van der Waals surface area contributed by atoms with E-state index in [9.17, 15) is 14.0 Å². The van der Waals surface area contributed by atoms with Gasteiger partial charge in [-0.15, -0.1) is 0 Å². The van der Waals surface area contributed by atoms with Crippen LogP contribution >= 0.6 is 0 Å². The van der Waals surface area contributed by atoms with Gasteiger partial charge in [0.05, 0.1) is 18.1 Å². The highest BCUT2D eigenvalue weighted by Crippen LogP contribution is 2.17. The number of benzene rings is 1. The van der Waals surface area contributed by atoms with Crippen molar-refractivity contribution in [2.24, 2.45) is 7.05 Å². The van der Waals surface area contributed by atoms with E-state index in [-0.39, 0.29) is 11.3 Å². The fraction of sp³-hybridized carbons (Fsp3) is 0.167. The van der Waals surface area contributed by atoms with Crippen molar-refractivity contribution in [1.82, 2.24) is 9.55 Å². The lowest BCUT2D eigenvalue weighted by atomic mass is 10.1. The van der Waals surface area contributed by atoms with Crippen LogP contribution in [0.4, 0.5) is 4.39 Å². The van der Waals surface area contributed by atoms with Gasteiger partial charge in [0.1, 0.15) is 5.82 Å². The summed E-state index contributed by atoms with van der Waals surface area (Å²) in [5.74, 6) is -1.09. The number of methoxy groups -OCH3 is 1. The molecule has 0 radical (unpaired) electrons. The number of nitrogens with one attached hydrogen (secondary N) is 1. The summed E-state index contributed by atoms with van der Waals surface area (Å²) in [5, 5.41) is 0. The molecule has 94 valence electrons. The Morgan fingerprint density at radius 2 is 2.22 bits per heavy atom. The number of esters is 1. The summed E-state index contributed by atoms with van der Waals surface area (Å²) in [7, 11) is 2.78. The van der Waals surface area contributed by atoms with Crippen molar-refractivity contribution in [3.8, 4) is 0 Å². The van der Waals surface area contributed by atoms with Crippen LogP contribution in [0.3, 0.4) is 0 Å². The van der Waals surface area contributed by atoms with Crippen LogP contribution in [0, 0.1) is 5.82 Å². The molecule has 0 aliphatic rings. The Morgan fingerprint density at radius 1 is 1.50 bits per heavy atom. The van der Waals surface area contributed by atoms with Crippen molar-refractivity contribution in [3.63, 3.8) is 0 Å². The minimum Gasteiger partial charge on any atom is -0.466 e. The van der Waals surface area contributed by atoms with E-state index in [4.69, 9.17) is 0 Å². The van der Waals surface area contributed by atoms with Crippen LogP contribution in [-0.4, -0.2) is 22.6 Å². The number of aromatic nitrogens is 2. The predicted octanol–water partition coefficient (Wildman–Crippen LogP) is 1.19. The summed E-state index contributed by atoms with van der Waals surface area (Å²) >= 11 is 0. The van der Waals surface area contributed by atoms with Gasteiger partial charge in [-0.25, -0.2) is 14.0 Å². The lowest BCUT2D eigenvalue weighted by Gasteiger charge is -1.99. The number of ether oxygens (including phenoxy) is 1. The summed E-state index contributed by atoms with van der Waals surface area (Å²) in [4.78, 5) is 24.9. The molecule has 1 N–H and O–H groups in total. The third kappa shape index (κ3) is 2.04. The number of nitrogens with zero attached hydrogens (tertiary/aromatic N) is 1. The van der Waals surface area contributed by atoms with Gasteiger partial charge < -0.3 is 9.72 Å². The van der Waals surface area contributed by atoms with Gasteiger partial charge in [-0.3, -0.25) is 4.57 Å². The second-order valence-electron chi connectivity index (χ2n) is 3.74. The lowest BCUT2D eigenvalue weighted by Crippen LogP contribution is -2.11. The highest BCUT2D eigenvalue weighted by atomic mass is 19.1. The summed E-state index contributed by atoms with van der Waals surface area (Å²) < 4.78 is 19.5. The zero-order chi connectivity index (χ0) is 13.3. The predicted molar refractivity (Wildman–Crippen MR) is 64.5 cm³/mol. The maximum atomic E-state index is 13.7. The van der Waals surface area contributed by atoms with Crippen molar-refractivity contribution < 1.29 is 13.9 Å². The number of imidazole rings is 1. The molecule has 0 saturated heterocycles. The number of carbonyl (C=O) groups excluding carboxylic acids is 1. The third-order valence-corrected chi connectivity index (χ3v) is 2.62. The molecular weight excluding hydrogens is 239 g/mol. The van der Waals surface area contributed by atoms with Crippen LogP contribution < -0.4 is 5.69 Å². The molecule has 0 bridgehead atoms. The van der Waals surface area contributed by atoms with Crippen molar-refractivity contribution in [3.05, 3.63) is 40.1 Å². The normalized spacial score (nSPS) is 11.3. The first kappa shape index (κ1) is 12.1. The molecule has 2 rings (SSSR count). The largest absolute Gasteiger partial charge is 0.466 e. The molecule has 0 amide bonds. The molecule has 0 atom stereocenters. The highest BCUT2D eigenvalue weighted by molar-refractivity contribution is 5.88. The van der Waals surface area contributed by atoms with Gasteiger partial charge in [-0.2, -0.15) is 0 Å². The number of fused-ring (bicyclic) bond motifs is 1. The minimum atomic E-state index is -0.573. The number of hydrogen-bond acceptors (Lipinski definition) is 3. The first-order chi connectivity index (χ1) is 8.52. The topological polar surface area (TPSA) is 64.1 Å². The van der Waals surface area contributed by atoms with Crippen molar-refractivity contribution in [2.75, 3.05) is 7.11 Å². The Morgan fingerprint density at radius 3 is 2.89 bits per heavy atom. The Labute approximate surface area is 101 Å². The van der Waals surface area contributed by atoms with E-state index >= 15 is 0 Å². The molecule has 5 nitrogen and oxygen atoms in total. The fourth-order valence-corrected chi connectivity index (χ4v) is 1.62. The van der Waals surface area contributed by atoms with Crippen LogP contribution in [0.25, 0.3) is 17.1 Å². The molecule has 0 saturated carbocycles. The average Bonchev–Trinajstić information content (AvgIpc) is 2.62. The van der Waals surface area contributed by atoms with E-state index in [1.165, 1.54) is 29.9 Å². The van der Waals surface area contributed by atoms with Crippen molar-refractivity contribution in [2.45, 2.75) is 0 Å². The zero-order valence-electron chi connectivity index (χ0n) is 9.86. The molecule has 1 aromatic heterocycles. The summed E-state index contributed by atoms with van der Waals surface area (Å²) in [6.45, 7) is 0. The van der Waals surface area contributed by atoms with Crippen LogP contribution in [0.2, 0.25) is 0 Å². The number of aryl methyl sites for hydroxylation is 1. The molecular formula is C12H11FN2O3. The lowest BCUT2D eigenvalue weighted by molar-refractivity contribution is -0.134. The van der Waals surface area contributed by atoms with E-state index in [0.717, 1.165) is 6.08 Å². The Hall–Kier alpha value is -2.37. The van der Waals surface area contributed by atoms with E-state index in [0.29, 0.717) is 11.0 Å². The van der Waals surface area contributed by atoms with Crippen LogP contribution in [0.1, 0.15) is 5.56 Å². The maximum absolute atomic E-state index is 13.7. The van der Waals surface area contributed by atoms with Crippen molar-refractivity contribution >= 4 is 23.1 Å². The molecule has 0 fully saturated rings. The molecule has 0 unspecified atom stereocenters. The Bertz CT molecular complexity index is 697. The molecule has 1 heterocycles. The van der Waals surface area contributed by atoms with Crippen LogP contribution in [0.15, 0.2) is 23.0 Å². The quantitative estimate of drug-likeness (QED) is 0.643. The second-order valence-corrected chi connectivity index (χ2v) is 3.74. The second kappa shape index (κ2) is 4.48. The molecule has 0 aliphatic carbocycles. The molecule has 0 aliphatic heterocycles. The first-order valence-electron chi connectivity index (χ1n) is 5.17. The van der Waals surface area contributed by atoms with Gasteiger partial charge >= 0.3 is 11.7 Å². The number of carbonyl (C=O) groups is 1. The SMILES string of the molecule is COC(=O)/C=C/c1cc2[nH]c(=O)n(C)c2cc1F. The highest BCUT2D eigenvalue weighted by Gasteiger charge is 2.08. The molecule has 6 heteroatoms. The van der Waals surface area contributed by atoms with Gasteiger partial charge in [0.2, 0.25) is 0 Å². The van der Waals surface area contributed by atoms with Crippen molar-refractivity contribution in [1.29, 1.82) is 0 Å². The number of rotatable bonds is 2. The summed E-state index contributed by atoms with van der Waals surface area (Å²) in [6, 6.07) is 2.70. The Kier molecular flexibility index (Phi) is 3.01. The average molecular weight is 250 g/mol. The van der Waals surface area contributed by atoms with Crippen LogP contribution in [0.5, 0.6) is 0 Å². The van der Waals surface area contributed by atoms with E-state index in [2.05, 4.69) is 9.72 Å². The van der Waals surface area contributed by atoms with Gasteiger partial charge in [0.15, 0.2) is 0 Å². The van der Waals surface area contributed by atoms with Gasteiger partial charge in [0.25, 0.3) is 0 Å². The zero-order valence-corrected chi connectivity index (χ0v) is 9.86. The molecule has 18 heavy (non-hydrogen) atoms. The fourth-order valence-electron chi connectivity index (χ4n) is 1.62. The van der Waals surface area contributed by atoms with Gasteiger partial charge in [-0.05, 0) is 12.1 Å². The standard InChI is InChI=1S/C12H11FN2O3/c1-15-10-6-8(13)7(3-4-11(16)18-2)5-9(10)14-12(15)17/h3-6H,1-2H3,(H,14,17)/b4-3+. The number of H-pyrrole nitrogens is 1. The monoisotopic (exact) mass is 250 g/mol. The van der Waals surface area contributed by atoms with Gasteiger partial charge in [-0.1, -0.05) is 0 Å². The third-order valence-electron chi connectivity index (χ3n) is 2.62. The molecule has 1 aromatic carbocycles. The first-order valence-corrected chi connectivity index (χ1v) is 5.17. The Balaban J connectivity index is 2.53. The molecule has 2 aromatic rings. The molecule has 0 spiro atoms. The number of halogens is 1.